The summed E-state index contributed by atoms with van der Waals surface area (Å²) in [5.74, 6) is -0.143. The van der Waals surface area contributed by atoms with Crippen LogP contribution in [0.15, 0.2) is 17.1 Å². The van der Waals surface area contributed by atoms with Gasteiger partial charge in [0.15, 0.2) is 5.43 Å². The van der Waals surface area contributed by atoms with Crippen molar-refractivity contribution in [2.24, 2.45) is 0 Å². The normalized spacial score (nSPS) is 26.3. The summed E-state index contributed by atoms with van der Waals surface area (Å²) in [6.07, 6.45) is 4.85. The fourth-order valence-electron chi connectivity index (χ4n) is 3.04. The van der Waals surface area contributed by atoms with Gasteiger partial charge in [-0.15, -0.1) is 0 Å². The summed E-state index contributed by atoms with van der Waals surface area (Å²) in [7, 11) is 0. The van der Waals surface area contributed by atoms with E-state index in [1.165, 1.54) is 18.7 Å². The molecule has 2 bridgehead atoms. The van der Waals surface area contributed by atoms with Crippen molar-refractivity contribution in [3.8, 4) is 0 Å². The molecule has 19 heavy (non-hydrogen) atoms. The summed E-state index contributed by atoms with van der Waals surface area (Å²) in [4.78, 5) is 29.1. The topological polar surface area (TPSA) is 65.2 Å². The van der Waals surface area contributed by atoms with E-state index in [0.29, 0.717) is 18.6 Å². The molecule has 0 spiro atoms. The summed E-state index contributed by atoms with van der Waals surface area (Å²) < 4.78 is 0. The summed E-state index contributed by atoms with van der Waals surface area (Å²) in [5, 5.41) is 3.53. The molecule has 0 aromatic carbocycles. The van der Waals surface area contributed by atoms with Crippen molar-refractivity contribution in [3.05, 3.63) is 33.7 Å². The number of nitrogens with one attached hydrogen (secondary N) is 2. The van der Waals surface area contributed by atoms with Crippen molar-refractivity contribution >= 4 is 5.91 Å². The second-order valence-electron chi connectivity index (χ2n) is 5.57. The molecular formula is C14H19N3O2. The Hall–Kier alpha value is -1.62. The molecule has 2 atom stereocenters. The van der Waals surface area contributed by atoms with E-state index in [1.807, 2.05) is 11.8 Å². The maximum Gasteiger partial charge on any atom is 0.259 e. The third kappa shape index (κ3) is 2.42. The van der Waals surface area contributed by atoms with Crippen molar-refractivity contribution in [1.82, 2.24) is 15.2 Å². The summed E-state index contributed by atoms with van der Waals surface area (Å²) >= 11 is 0. The lowest BCUT2D eigenvalue weighted by Gasteiger charge is -2.24. The highest BCUT2D eigenvalue weighted by molar-refractivity contribution is 5.93. The van der Waals surface area contributed by atoms with Crippen molar-refractivity contribution in [3.63, 3.8) is 0 Å². The van der Waals surface area contributed by atoms with Crippen molar-refractivity contribution in [2.45, 2.75) is 38.3 Å². The first-order valence-corrected chi connectivity index (χ1v) is 6.88. The lowest BCUT2D eigenvalue weighted by atomic mass is 10.1. The van der Waals surface area contributed by atoms with Crippen molar-refractivity contribution < 1.29 is 4.79 Å². The van der Waals surface area contributed by atoms with E-state index in [1.54, 1.807) is 0 Å². The number of amides is 1. The van der Waals surface area contributed by atoms with E-state index in [2.05, 4.69) is 10.3 Å². The van der Waals surface area contributed by atoms with Gasteiger partial charge >= 0.3 is 0 Å². The number of pyridine rings is 1. The number of hydrogen-bond acceptors (Lipinski definition) is 3. The Morgan fingerprint density at radius 2 is 2.11 bits per heavy atom. The Morgan fingerprint density at radius 1 is 1.32 bits per heavy atom. The number of fused-ring (bicyclic) bond motifs is 2. The third-order valence-corrected chi connectivity index (χ3v) is 4.10. The Morgan fingerprint density at radius 3 is 2.89 bits per heavy atom. The van der Waals surface area contributed by atoms with Crippen LogP contribution < -0.4 is 10.7 Å². The molecule has 2 saturated heterocycles. The van der Waals surface area contributed by atoms with E-state index < -0.39 is 0 Å². The van der Waals surface area contributed by atoms with Crippen LogP contribution in [-0.4, -0.2) is 41.0 Å². The zero-order valence-electron chi connectivity index (χ0n) is 11.1. The lowest BCUT2D eigenvalue weighted by molar-refractivity contribution is 0.0746. The number of hydrogen-bond donors (Lipinski definition) is 2. The molecule has 2 aliphatic rings. The van der Waals surface area contributed by atoms with E-state index in [0.717, 1.165) is 25.1 Å². The molecule has 0 radical (unpaired) electrons. The molecule has 5 nitrogen and oxygen atoms in total. The molecule has 2 aliphatic heterocycles. The first kappa shape index (κ1) is 12.4. The number of rotatable bonds is 1. The first-order valence-electron chi connectivity index (χ1n) is 6.88. The number of aryl methyl sites for hydroxylation is 1. The van der Waals surface area contributed by atoms with Gasteiger partial charge in [0.05, 0.1) is 0 Å². The van der Waals surface area contributed by atoms with Crippen LogP contribution in [0.25, 0.3) is 0 Å². The van der Waals surface area contributed by atoms with Crippen molar-refractivity contribution in [2.75, 3.05) is 13.1 Å². The summed E-state index contributed by atoms with van der Waals surface area (Å²) in [6.45, 7) is 3.26. The number of carbonyl (C=O) groups is 1. The molecule has 2 unspecified atom stereocenters. The molecule has 3 rings (SSSR count). The van der Waals surface area contributed by atoms with E-state index >= 15 is 0 Å². The van der Waals surface area contributed by atoms with Gasteiger partial charge in [0.25, 0.3) is 5.91 Å². The van der Waals surface area contributed by atoms with Crippen molar-refractivity contribution in [1.29, 1.82) is 0 Å². The Labute approximate surface area is 112 Å². The van der Waals surface area contributed by atoms with Crippen LogP contribution in [-0.2, 0) is 0 Å². The predicted octanol–water partition coefficient (Wildman–Crippen LogP) is 0.650. The monoisotopic (exact) mass is 261 g/mol. The first-order chi connectivity index (χ1) is 9.13. The maximum atomic E-state index is 12.4. The largest absolute Gasteiger partial charge is 0.364 e. The molecule has 5 heteroatoms. The second kappa shape index (κ2) is 4.81. The maximum absolute atomic E-state index is 12.4. The third-order valence-electron chi connectivity index (χ3n) is 4.10. The van der Waals surface area contributed by atoms with Crippen LogP contribution in [0.4, 0.5) is 0 Å². The smallest absolute Gasteiger partial charge is 0.259 e. The van der Waals surface area contributed by atoms with Gasteiger partial charge in [0.2, 0.25) is 0 Å². The van der Waals surface area contributed by atoms with Gasteiger partial charge in [-0.2, -0.15) is 0 Å². The van der Waals surface area contributed by atoms with Crippen LogP contribution in [0.1, 0.15) is 35.3 Å². The van der Waals surface area contributed by atoms with Crippen LogP contribution in [0.3, 0.4) is 0 Å². The Bertz CT molecular complexity index is 552. The highest BCUT2D eigenvalue weighted by Crippen LogP contribution is 2.21. The predicted molar refractivity (Wildman–Crippen MR) is 72.3 cm³/mol. The van der Waals surface area contributed by atoms with Crippen LogP contribution >= 0.6 is 0 Å². The number of nitrogens with zero attached hydrogens (tertiary/aromatic N) is 1. The van der Waals surface area contributed by atoms with Gasteiger partial charge in [-0.25, -0.2) is 0 Å². The Balaban J connectivity index is 1.81. The molecule has 0 saturated carbocycles. The SMILES string of the molecule is Cc1cc(=O)c(C(=O)N2CCC3CCC(C2)N3)c[nH]1. The molecular weight excluding hydrogens is 242 g/mol. The second-order valence-corrected chi connectivity index (χ2v) is 5.57. The molecule has 1 aromatic heterocycles. The molecule has 2 fully saturated rings. The fourth-order valence-corrected chi connectivity index (χ4v) is 3.04. The number of H-pyrrole nitrogens is 1. The van der Waals surface area contributed by atoms with E-state index in [4.69, 9.17) is 0 Å². The minimum absolute atomic E-state index is 0.143. The quantitative estimate of drug-likeness (QED) is 0.780. The standard InChI is InChI=1S/C14H19N3O2/c1-9-6-13(18)12(7-15-9)14(19)17-5-4-10-2-3-11(8-17)16-10/h6-7,10-11,16H,2-5,8H2,1H3,(H,15,18). The van der Waals surface area contributed by atoms with Crippen LogP contribution in [0.2, 0.25) is 0 Å². The van der Waals surface area contributed by atoms with Crippen LogP contribution in [0.5, 0.6) is 0 Å². The zero-order valence-corrected chi connectivity index (χ0v) is 11.1. The number of aromatic nitrogens is 1. The lowest BCUT2D eigenvalue weighted by Crippen LogP contribution is -2.40. The molecule has 1 aromatic rings. The number of carbonyl (C=O) groups excluding carboxylic acids is 1. The zero-order chi connectivity index (χ0) is 13.4. The van der Waals surface area contributed by atoms with Gasteiger partial charge in [-0.3, -0.25) is 9.59 Å². The average Bonchev–Trinajstić information content (AvgIpc) is 2.68. The molecule has 3 heterocycles. The van der Waals surface area contributed by atoms with E-state index in [9.17, 15) is 9.59 Å². The number of aromatic amines is 1. The van der Waals surface area contributed by atoms with Gasteiger partial charge in [0.1, 0.15) is 5.56 Å². The average molecular weight is 261 g/mol. The van der Waals surface area contributed by atoms with Crippen LogP contribution in [0, 0.1) is 6.92 Å². The van der Waals surface area contributed by atoms with Gasteiger partial charge in [-0.05, 0) is 26.2 Å². The minimum atomic E-state index is -0.191. The Kier molecular flexibility index (Phi) is 3.14. The van der Waals surface area contributed by atoms with E-state index in [-0.39, 0.29) is 16.9 Å². The molecule has 1 amide bonds. The highest BCUT2D eigenvalue weighted by Gasteiger charge is 2.31. The molecule has 0 aliphatic carbocycles. The summed E-state index contributed by atoms with van der Waals surface area (Å²) in [5.41, 5.74) is 0.838. The summed E-state index contributed by atoms with van der Waals surface area (Å²) in [6, 6.07) is 2.41. The fraction of sp³-hybridized carbons (Fsp3) is 0.571. The van der Waals surface area contributed by atoms with Gasteiger partial charge < -0.3 is 15.2 Å². The molecule has 102 valence electrons. The van der Waals surface area contributed by atoms with Gasteiger partial charge in [-0.1, -0.05) is 0 Å². The number of likely N-dealkylation sites (tertiary alicyclic amines) is 1. The molecule has 2 N–H and O–H groups in total. The minimum Gasteiger partial charge on any atom is -0.364 e. The highest BCUT2D eigenvalue weighted by atomic mass is 16.2. The van der Waals surface area contributed by atoms with Gasteiger partial charge in [0, 0.05) is 43.1 Å².